The van der Waals surface area contributed by atoms with Crippen LogP contribution in [0, 0.1) is 11.3 Å². The molecule has 8 nitrogen and oxygen atoms in total. The van der Waals surface area contributed by atoms with Crippen LogP contribution in [0.3, 0.4) is 0 Å². The second-order valence-corrected chi connectivity index (χ2v) is 15.9. The Kier molecular flexibility index (Phi) is 7.76. The second-order valence-electron chi connectivity index (χ2n) is 10.3. The Hall–Kier alpha value is -2.61. The number of ether oxygens (including phenoxy) is 1. The van der Waals surface area contributed by atoms with Gasteiger partial charge in [0.15, 0.2) is 0 Å². The lowest BCUT2D eigenvalue weighted by Gasteiger charge is -2.31. The van der Waals surface area contributed by atoms with Gasteiger partial charge in [-0.15, -0.1) is 0 Å². The molecule has 2 atom stereocenters. The quantitative estimate of drug-likeness (QED) is 0.312. The third kappa shape index (κ3) is 6.08. The average Bonchev–Trinajstić information content (AvgIpc) is 3.43. The minimum atomic E-state index is -1.13. The highest BCUT2D eigenvalue weighted by molar-refractivity contribution is 6.76. The predicted octanol–water partition coefficient (Wildman–Crippen LogP) is 4.50. The van der Waals surface area contributed by atoms with E-state index in [0.29, 0.717) is 32.7 Å². The molecule has 1 aliphatic rings. The van der Waals surface area contributed by atoms with E-state index in [9.17, 15) is 9.65 Å². The van der Waals surface area contributed by atoms with Gasteiger partial charge in [0, 0.05) is 51.1 Å². The maximum atomic E-state index is 13.8. The Morgan fingerprint density at radius 1 is 1.32 bits per heavy atom. The largest absolute Gasteiger partial charge is 0.361 e. The molecule has 3 aromatic rings. The number of hydrogen-bond acceptors (Lipinski definition) is 6. The van der Waals surface area contributed by atoms with Gasteiger partial charge in [0.2, 0.25) is 0 Å². The van der Waals surface area contributed by atoms with Crippen molar-refractivity contribution in [2.24, 2.45) is 0 Å². The first-order valence-electron chi connectivity index (χ1n) is 12.0. The van der Waals surface area contributed by atoms with Crippen LogP contribution in [0.2, 0.25) is 25.7 Å². The summed E-state index contributed by atoms with van der Waals surface area (Å²) in [6.07, 6.45) is 8.26. The molecular formula is C24H34FN7OSi. The Bertz CT molecular complexity index is 1130. The number of likely N-dealkylation sites (tertiary alicyclic amines) is 1. The molecule has 0 amide bonds. The Morgan fingerprint density at radius 2 is 2.18 bits per heavy atom. The van der Waals surface area contributed by atoms with Gasteiger partial charge < -0.3 is 9.30 Å². The van der Waals surface area contributed by atoms with Gasteiger partial charge in [0.1, 0.15) is 24.9 Å². The van der Waals surface area contributed by atoms with Gasteiger partial charge in [0.25, 0.3) is 0 Å². The first-order valence-corrected chi connectivity index (χ1v) is 15.7. The zero-order valence-corrected chi connectivity index (χ0v) is 21.3. The van der Waals surface area contributed by atoms with Gasteiger partial charge in [-0.1, -0.05) is 19.6 Å². The van der Waals surface area contributed by atoms with Crippen molar-refractivity contribution in [3.8, 4) is 17.3 Å². The van der Waals surface area contributed by atoms with Gasteiger partial charge in [-0.25, -0.2) is 14.4 Å². The minimum Gasteiger partial charge on any atom is -0.361 e. The van der Waals surface area contributed by atoms with Crippen molar-refractivity contribution in [3.63, 3.8) is 0 Å². The summed E-state index contributed by atoms with van der Waals surface area (Å²) < 4.78 is 23.6. The lowest BCUT2D eigenvalue weighted by Crippen LogP contribution is -2.40. The lowest BCUT2D eigenvalue weighted by molar-refractivity contribution is 0.0899. The summed E-state index contributed by atoms with van der Waals surface area (Å²) in [6.45, 7) is 10.1. The summed E-state index contributed by atoms with van der Waals surface area (Å²) in [5.41, 5.74) is 2.49. The fourth-order valence-corrected chi connectivity index (χ4v) is 5.11. The average molecular weight is 484 g/mol. The summed E-state index contributed by atoms with van der Waals surface area (Å²) in [4.78, 5) is 11.1. The molecule has 4 heterocycles. The van der Waals surface area contributed by atoms with Crippen molar-refractivity contribution < 1.29 is 9.13 Å². The summed E-state index contributed by atoms with van der Waals surface area (Å²) in [7, 11) is -1.13. The van der Waals surface area contributed by atoms with Crippen molar-refractivity contribution in [3.05, 3.63) is 31.0 Å². The number of piperidine rings is 1. The highest BCUT2D eigenvalue weighted by Gasteiger charge is 2.24. The predicted molar refractivity (Wildman–Crippen MR) is 133 cm³/mol. The van der Waals surface area contributed by atoms with E-state index >= 15 is 0 Å². The van der Waals surface area contributed by atoms with Crippen molar-refractivity contribution in [2.45, 2.75) is 63.9 Å². The normalized spacial score (nSPS) is 18.3. The van der Waals surface area contributed by atoms with Crippen LogP contribution in [0.15, 0.2) is 31.0 Å². The van der Waals surface area contributed by atoms with Crippen LogP contribution in [-0.4, -0.2) is 69.7 Å². The minimum absolute atomic E-state index is 0.134. The van der Waals surface area contributed by atoms with Gasteiger partial charge >= 0.3 is 0 Å². The molecule has 0 bridgehead atoms. The van der Waals surface area contributed by atoms with Crippen LogP contribution in [0.25, 0.3) is 22.3 Å². The summed E-state index contributed by atoms with van der Waals surface area (Å²) in [6, 6.07) is 5.26. The molecule has 2 unspecified atom stereocenters. The molecule has 0 aliphatic carbocycles. The van der Waals surface area contributed by atoms with E-state index in [1.165, 1.54) is 0 Å². The highest BCUT2D eigenvalue weighted by atomic mass is 28.3. The molecule has 3 aromatic heterocycles. The number of rotatable bonds is 10. The zero-order chi connectivity index (χ0) is 24.1. The monoisotopic (exact) mass is 483 g/mol. The van der Waals surface area contributed by atoms with Crippen molar-refractivity contribution in [2.75, 3.05) is 26.2 Å². The lowest BCUT2D eigenvalue weighted by atomic mass is 10.1. The molecule has 0 spiro atoms. The molecule has 4 rings (SSSR count). The SMILES string of the molecule is C[Si](C)(C)CCOCn1ccc2c(-c3cnn(C(CC#N)CN4CCCC(F)C4)c3)ncnc21. The number of fused-ring (bicyclic) bond motifs is 1. The van der Waals surface area contributed by atoms with E-state index in [2.05, 4.69) is 45.7 Å². The van der Waals surface area contributed by atoms with Crippen LogP contribution in [0.4, 0.5) is 4.39 Å². The number of nitrogens with zero attached hydrogens (tertiary/aromatic N) is 7. The number of halogens is 1. The number of hydrogen-bond donors (Lipinski definition) is 0. The summed E-state index contributed by atoms with van der Waals surface area (Å²) in [5, 5.41) is 14.8. The van der Waals surface area contributed by atoms with Crippen LogP contribution in [0.5, 0.6) is 0 Å². The number of aromatic nitrogens is 5. The van der Waals surface area contributed by atoms with Crippen molar-refractivity contribution >= 4 is 19.1 Å². The Labute approximate surface area is 201 Å². The van der Waals surface area contributed by atoms with Gasteiger partial charge in [-0.05, 0) is 31.5 Å². The fourth-order valence-electron chi connectivity index (χ4n) is 4.35. The maximum Gasteiger partial charge on any atom is 0.145 e. The van der Waals surface area contributed by atoms with Crippen LogP contribution < -0.4 is 0 Å². The molecule has 34 heavy (non-hydrogen) atoms. The number of alkyl halides is 1. The molecule has 182 valence electrons. The smallest absolute Gasteiger partial charge is 0.145 e. The van der Waals surface area contributed by atoms with E-state index < -0.39 is 14.2 Å². The zero-order valence-electron chi connectivity index (χ0n) is 20.3. The highest BCUT2D eigenvalue weighted by Crippen LogP contribution is 2.27. The molecule has 10 heteroatoms. The van der Waals surface area contributed by atoms with E-state index in [4.69, 9.17) is 4.74 Å². The maximum absolute atomic E-state index is 13.8. The fraction of sp³-hybridized carbons (Fsp3) is 0.583. The molecule has 0 aromatic carbocycles. The number of nitriles is 1. The van der Waals surface area contributed by atoms with Crippen LogP contribution in [0.1, 0.15) is 25.3 Å². The summed E-state index contributed by atoms with van der Waals surface area (Å²) >= 11 is 0. The Morgan fingerprint density at radius 3 is 2.94 bits per heavy atom. The van der Waals surface area contributed by atoms with E-state index in [1.807, 2.05) is 27.7 Å². The van der Waals surface area contributed by atoms with Crippen molar-refractivity contribution in [1.29, 1.82) is 5.26 Å². The van der Waals surface area contributed by atoms with Crippen LogP contribution >= 0.6 is 0 Å². The van der Waals surface area contributed by atoms with Gasteiger partial charge in [-0.2, -0.15) is 10.4 Å². The molecule has 0 N–H and O–H groups in total. The van der Waals surface area contributed by atoms with Gasteiger partial charge in [0.05, 0.1) is 30.4 Å². The molecule has 1 aliphatic heterocycles. The molecule has 0 radical (unpaired) electrons. The summed E-state index contributed by atoms with van der Waals surface area (Å²) in [5.74, 6) is 0. The Balaban J connectivity index is 1.49. The second kappa shape index (κ2) is 10.8. The molecule has 1 saturated heterocycles. The first-order chi connectivity index (χ1) is 16.3. The molecular weight excluding hydrogens is 449 g/mol. The van der Waals surface area contributed by atoms with Crippen LogP contribution in [-0.2, 0) is 11.5 Å². The molecule has 1 fully saturated rings. The standard InChI is InChI=1S/C24H34FN7OSi/c1-34(2,3)12-11-33-18-31-10-7-22-23(27-17-28-24(22)31)19-13-29-32(14-19)21(6-8-26)16-30-9-4-5-20(25)15-30/h7,10,13-14,17,20-21H,4-6,9,11-12,15-16,18H2,1-3H3. The van der Waals surface area contributed by atoms with Gasteiger partial charge in [-0.3, -0.25) is 9.58 Å². The van der Waals surface area contributed by atoms with Crippen molar-refractivity contribution in [1.82, 2.24) is 29.2 Å². The van der Waals surface area contributed by atoms with E-state index in [1.54, 1.807) is 12.5 Å². The van der Waals surface area contributed by atoms with E-state index in [-0.39, 0.29) is 6.04 Å². The molecule has 0 saturated carbocycles. The first kappa shape index (κ1) is 24.5. The van der Waals surface area contributed by atoms with E-state index in [0.717, 1.165) is 47.9 Å². The third-order valence-corrected chi connectivity index (χ3v) is 7.98. The third-order valence-electron chi connectivity index (χ3n) is 6.28. The topological polar surface area (TPSA) is 84.8 Å².